The largest absolute Gasteiger partial charge is 0.456 e. The Bertz CT molecular complexity index is 3740. The van der Waals surface area contributed by atoms with Crippen LogP contribution in [0.2, 0.25) is 0 Å². The van der Waals surface area contributed by atoms with Crippen LogP contribution in [-0.2, 0) is 0 Å². The topological polar surface area (TPSA) is 61.7 Å². The van der Waals surface area contributed by atoms with E-state index in [1.807, 2.05) is 12.1 Å². The van der Waals surface area contributed by atoms with Crippen LogP contribution in [0.25, 0.3) is 122 Å². The predicted molar refractivity (Wildman–Crippen MR) is 258 cm³/mol. The van der Waals surface area contributed by atoms with Crippen LogP contribution < -0.4 is 0 Å². The van der Waals surface area contributed by atoms with Gasteiger partial charge in [-0.3, -0.25) is 9.13 Å². The molecule has 0 aliphatic heterocycles. The summed E-state index contributed by atoms with van der Waals surface area (Å²) in [5.41, 5.74) is 13.3. The van der Waals surface area contributed by atoms with Crippen LogP contribution in [0, 0.1) is 0 Å². The molecule has 294 valence electrons. The van der Waals surface area contributed by atoms with E-state index < -0.39 is 0 Å². The first-order valence-corrected chi connectivity index (χ1v) is 21.2. The van der Waals surface area contributed by atoms with Crippen molar-refractivity contribution < 1.29 is 4.42 Å². The summed E-state index contributed by atoms with van der Waals surface area (Å²) in [4.78, 5) is 16.3. The van der Waals surface area contributed by atoms with Crippen LogP contribution in [0.4, 0.5) is 0 Å². The van der Waals surface area contributed by atoms with E-state index in [0.29, 0.717) is 17.7 Å². The summed E-state index contributed by atoms with van der Waals surface area (Å²) >= 11 is 0. The molecule has 0 saturated carbocycles. The number of rotatable bonds is 6. The summed E-state index contributed by atoms with van der Waals surface area (Å²) in [5.74, 6) is 1.63. The Kier molecular flexibility index (Phi) is 7.80. The summed E-state index contributed by atoms with van der Waals surface area (Å²) in [5, 5.41) is 6.72. The highest BCUT2D eigenvalue weighted by Gasteiger charge is 2.22. The second-order valence-electron chi connectivity index (χ2n) is 16.1. The highest BCUT2D eigenvalue weighted by Crippen LogP contribution is 2.38. The maximum atomic E-state index is 6.32. The number of furan rings is 1. The third-order valence-electron chi connectivity index (χ3n) is 12.4. The van der Waals surface area contributed by atoms with Gasteiger partial charge in [0.15, 0.2) is 5.82 Å². The van der Waals surface area contributed by atoms with Crippen LogP contribution >= 0.6 is 0 Å². The van der Waals surface area contributed by atoms with Crippen molar-refractivity contribution in [3.8, 4) is 56.7 Å². The van der Waals surface area contributed by atoms with Crippen LogP contribution in [0.1, 0.15) is 0 Å². The first-order chi connectivity index (χ1) is 31.2. The molecule has 0 aliphatic rings. The van der Waals surface area contributed by atoms with Gasteiger partial charge in [0.1, 0.15) is 11.2 Å². The molecule has 0 saturated heterocycles. The second kappa shape index (κ2) is 14.0. The van der Waals surface area contributed by atoms with Gasteiger partial charge < -0.3 is 4.42 Å². The number of aromatic nitrogens is 5. The Labute approximate surface area is 361 Å². The van der Waals surface area contributed by atoms with E-state index in [9.17, 15) is 0 Å². The molecular formula is C57H35N5O. The highest BCUT2D eigenvalue weighted by molar-refractivity contribution is 6.11. The lowest BCUT2D eigenvalue weighted by Gasteiger charge is -2.14. The highest BCUT2D eigenvalue weighted by atomic mass is 16.3. The third kappa shape index (κ3) is 5.69. The molecule has 9 aromatic carbocycles. The number of hydrogen-bond acceptors (Lipinski definition) is 4. The standard InChI is InChI=1S/C57H35N5O/c1-3-14-36(15-4-1)39-26-29-45-43-20-7-10-23-49(43)61(51(45)33-39)56-58-55(42-19-13-18-38(32-42)41-28-31-48-47-22-9-12-25-53(47)63-54(48)35-41)59-57(60-56)62-50-24-11-8-21-44(50)46-30-27-40(34-52(46)62)37-16-5-2-6-17-37/h1-35H. The minimum atomic E-state index is 0.533. The molecule has 13 rings (SSSR count). The number of fused-ring (bicyclic) bond motifs is 9. The van der Waals surface area contributed by atoms with E-state index in [4.69, 9.17) is 19.4 Å². The summed E-state index contributed by atoms with van der Waals surface area (Å²) in [6.07, 6.45) is 0. The molecule has 0 spiro atoms. The monoisotopic (exact) mass is 805 g/mol. The Morgan fingerprint density at radius 2 is 0.698 bits per heavy atom. The minimum absolute atomic E-state index is 0.533. The van der Waals surface area contributed by atoms with Crippen LogP contribution in [-0.4, -0.2) is 24.1 Å². The van der Waals surface area contributed by atoms with E-state index in [0.717, 1.165) is 104 Å². The van der Waals surface area contributed by atoms with Gasteiger partial charge in [-0.1, -0.05) is 164 Å². The molecule has 0 N–H and O–H groups in total. The number of nitrogens with zero attached hydrogens (tertiary/aromatic N) is 5. The van der Waals surface area contributed by atoms with E-state index >= 15 is 0 Å². The average Bonchev–Trinajstić information content (AvgIpc) is 4.01. The lowest BCUT2D eigenvalue weighted by Crippen LogP contribution is -2.10. The van der Waals surface area contributed by atoms with Crippen molar-refractivity contribution in [3.05, 3.63) is 212 Å². The van der Waals surface area contributed by atoms with Gasteiger partial charge in [-0.15, -0.1) is 0 Å². The van der Waals surface area contributed by atoms with E-state index in [1.54, 1.807) is 0 Å². The Balaban J connectivity index is 1.08. The van der Waals surface area contributed by atoms with E-state index in [-0.39, 0.29) is 0 Å². The first kappa shape index (κ1) is 35.2. The molecule has 6 nitrogen and oxygen atoms in total. The molecule has 4 heterocycles. The molecule has 6 heteroatoms. The number of para-hydroxylation sites is 3. The summed E-state index contributed by atoms with van der Waals surface area (Å²) in [6.45, 7) is 0. The molecule has 0 atom stereocenters. The molecule has 0 aliphatic carbocycles. The smallest absolute Gasteiger partial charge is 0.240 e. The second-order valence-corrected chi connectivity index (χ2v) is 16.1. The summed E-state index contributed by atoms with van der Waals surface area (Å²) in [6, 6.07) is 74.5. The van der Waals surface area contributed by atoms with Crippen molar-refractivity contribution >= 4 is 65.6 Å². The lowest BCUT2D eigenvalue weighted by atomic mass is 10.0. The molecule has 0 radical (unpaired) electrons. The van der Waals surface area contributed by atoms with Crippen LogP contribution in [0.3, 0.4) is 0 Å². The van der Waals surface area contributed by atoms with Crippen molar-refractivity contribution in [2.45, 2.75) is 0 Å². The van der Waals surface area contributed by atoms with Gasteiger partial charge in [-0.05, 0) is 81.9 Å². The lowest BCUT2D eigenvalue weighted by molar-refractivity contribution is 0.669. The maximum absolute atomic E-state index is 6.32. The zero-order valence-electron chi connectivity index (χ0n) is 33.9. The van der Waals surface area contributed by atoms with Crippen molar-refractivity contribution in [1.29, 1.82) is 0 Å². The Morgan fingerprint density at radius 3 is 1.30 bits per heavy atom. The molecule has 63 heavy (non-hydrogen) atoms. The molecule has 0 bridgehead atoms. The van der Waals surface area contributed by atoms with Crippen molar-refractivity contribution in [2.24, 2.45) is 0 Å². The van der Waals surface area contributed by atoms with Gasteiger partial charge >= 0.3 is 0 Å². The van der Waals surface area contributed by atoms with Gasteiger partial charge in [-0.25, -0.2) is 0 Å². The fourth-order valence-electron chi connectivity index (χ4n) is 9.42. The van der Waals surface area contributed by atoms with Gasteiger partial charge in [0.2, 0.25) is 11.9 Å². The molecule has 0 unspecified atom stereocenters. The fourth-order valence-corrected chi connectivity index (χ4v) is 9.42. The maximum Gasteiger partial charge on any atom is 0.240 e. The molecule has 0 fully saturated rings. The fraction of sp³-hybridized carbons (Fsp3) is 0. The Morgan fingerprint density at radius 1 is 0.270 bits per heavy atom. The van der Waals surface area contributed by atoms with Gasteiger partial charge in [-0.2, -0.15) is 15.0 Å². The van der Waals surface area contributed by atoms with Gasteiger partial charge in [0.05, 0.1) is 22.1 Å². The predicted octanol–water partition coefficient (Wildman–Crippen LogP) is 14.6. The average molecular weight is 806 g/mol. The third-order valence-corrected chi connectivity index (χ3v) is 12.4. The van der Waals surface area contributed by atoms with Gasteiger partial charge in [0.25, 0.3) is 0 Å². The van der Waals surface area contributed by atoms with Crippen molar-refractivity contribution in [1.82, 2.24) is 24.1 Å². The summed E-state index contributed by atoms with van der Waals surface area (Å²) in [7, 11) is 0. The molecular weight excluding hydrogens is 771 g/mol. The van der Waals surface area contributed by atoms with E-state index in [1.165, 1.54) is 0 Å². The van der Waals surface area contributed by atoms with Crippen LogP contribution in [0.5, 0.6) is 0 Å². The molecule has 4 aromatic heterocycles. The quantitative estimate of drug-likeness (QED) is 0.168. The van der Waals surface area contributed by atoms with Gasteiger partial charge in [0, 0.05) is 37.9 Å². The minimum Gasteiger partial charge on any atom is -0.456 e. The van der Waals surface area contributed by atoms with E-state index in [2.05, 4.69) is 209 Å². The van der Waals surface area contributed by atoms with Crippen molar-refractivity contribution in [3.63, 3.8) is 0 Å². The summed E-state index contributed by atoms with van der Waals surface area (Å²) < 4.78 is 10.7. The zero-order valence-corrected chi connectivity index (χ0v) is 33.9. The van der Waals surface area contributed by atoms with Crippen LogP contribution in [0.15, 0.2) is 217 Å². The number of benzene rings is 9. The zero-order chi connectivity index (χ0) is 41.4. The number of hydrogen-bond donors (Lipinski definition) is 0. The first-order valence-electron chi connectivity index (χ1n) is 21.2. The Hall–Kier alpha value is -8.61. The van der Waals surface area contributed by atoms with Crippen molar-refractivity contribution in [2.75, 3.05) is 0 Å². The SMILES string of the molecule is c1ccc(-c2ccc3c4ccccc4n(-c4nc(-c5cccc(-c6ccc7c(c6)oc6ccccc67)c5)nc(-n5c6ccccc6c6ccc(-c7ccccc7)cc65)n4)c3c2)cc1. The molecule has 0 amide bonds. The normalized spacial score (nSPS) is 11.8. The molecule has 13 aromatic rings.